The summed E-state index contributed by atoms with van der Waals surface area (Å²) in [4.78, 5) is 16.5. The molecule has 3 aromatic rings. The lowest BCUT2D eigenvalue weighted by Crippen LogP contribution is -2.23. The highest BCUT2D eigenvalue weighted by atomic mass is 79.9. The number of hydrogen-bond acceptors (Lipinski definition) is 5. The Kier molecular flexibility index (Phi) is 3.82. The van der Waals surface area contributed by atoms with Gasteiger partial charge in [-0.3, -0.25) is 0 Å². The maximum atomic E-state index is 12.6. The van der Waals surface area contributed by atoms with Crippen LogP contribution in [0.2, 0.25) is 0 Å². The second-order valence-corrected chi connectivity index (χ2v) is 8.01. The molecule has 0 unspecified atom stereocenters. The molecule has 0 saturated heterocycles. The van der Waals surface area contributed by atoms with E-state index in [9.17, 15) is 13.2 Å². The summed E-state index contributed by atoms with van der Waals surface area (Å²) in [7, 11) is -3.79. The van der Waals surface area contributed by atoms with Crippen molar-refractivity contribution >= 4 is 37.0 Å². The van der Waals surface area contributed by atoms with E-state index >= 15 is 0 Å². The van der Waals surface area contributed by atoms with Gasteiger partial charge in [-0.05, 0) is 45.8 Å². The predicted molar refractivity (Wildman–Crippen MR) is 93.2 cm³/mol. The average molecular weight is 426 g/mol. The molecule has 10 heteroatoms. The van der Waals surface area contributed by atoms with Crippen LogP contribution in [0.5, 0.6) is 11.5 Å². The van der Waals surface area contributed by atoms with Crippen molar-refractivity contribution in [1.29, 1.82) is 0 Å². The molecular weight excluding hydrogens is 414 g/mol. The highest BCUT2D eigenvalue weighted by Gasteiger charge is 2.20. The van der Waals surface area contributed by atoms with E-state index in [1.165, 1.54) is 6.07 Å². The summed E-state index contributed by atoms with van der Waals surface area (Å²) < 4.78 is 38.6. The summed E-state index contributed by atoms with van der Waals surface area (Å²) in [5.74, 6) is 1.22. The monoisotopic (exact) mass is 425 g/mol. The molecule has 130 valence electrons. The lowest BCUT2D eigenvalue weighted by atomic mass is 10.2. The topological polar surface area (TPSA) is 113 Å². The molecule has 0 amide bonds. The molecule has 2 heterocycles. The Morgan fingerprint density at radius 1 is 1.08 bits per heavy atom. The third-order valence-electron chi connectivity index (χ3n) is 3.76. The molecule has 1 aromatic heterocycles. The van der Waals surface area contributed by atoms with Gasteiger partial charge in [0.05, 0.1) is 15.9 Å². The van der Waals surface area contributed by atoms with Gasteiger partial charge < -0.3 is 19.4 Å². The number of aromatic nitrogens is 2. The van der Waals surface area contributed by atoms with E-state index < -0.39 is 15.7 Å². The molecule has 0 spiro atoms. The van der Waals surface area contributed by atoms with Crippen molar-refractivity contribution in [2.24, 2.45) is 0 Å². The Bertz CT molecular complexity index is 1140. The zero-order chi connectivity index (χ0) is 17.6. The van der Waals surface area contributed by atoms with E-state index in [-0.39, 0.29) is 18.2 Å². The van der Waals surface area contributed by atoms with Crippen LogP contribution in [0.3, 0.4) is 0 Å². The fourth-order valence-corrected chi connectivity index (χ4v) is 4.63. The van der Waals surface area contributed by atoms with Gasteiger partial charge in [0.15, 0.2) is 11.5 Å². The predicted octanol–water partition coefficient (Wildman–Crippen LogP) is 1.83. The lowest BCUT2D eigenvalue weighted by Gasteiger charge is -2.09. The highest BCUT2D eigenvalue weighted by molar-refractivity contribution is 9.10. The van der Waals surface area contributed by atoms with Crippen LogP contribution >= 0.6 is 15.9 Å². The number of nitrogens with one attached hydrogen (secondary N) is 3. The number of H-pyrrole nitrogens is 2. The van der Waals surface area contributed by atoms with Crippen LogP contribution in [0.15, 0.2) is 44.5 Å². The zero-order valence-corrected chi connectivity index (χ0v) is 15.0. The van der Waals surface area contributed by atoms with Crippen molar-refractivity contribution in [3.05, 3.63) is 50.9 Å². The number of sulfonamides is 1. The molecule has 0 saturated carbocycles. The van der Waals surface area contributed by atoms with Crippen LogP contribution in [0.25, 0.3) is 11.0 Å². The van der Waals surface area contributed by atoms with E-state index in [1.54, 1.807) is 24.3 Å². The van der Waals surface area contributed by atoms with E-state index in [1.807, 2.05) is 0 Å². The van der Waals surface area contributed by atoms with E-state index in [0.717, 1.165) is 5.56 Å². The van der Waals surface area contributed by atoms with Gasteiger partial charge in [-0.2, -0.15) is 0 Å². The fraction of sp³-hybridized carbons (Fsp3) is 0.133. The Morgan fingerprint density at radius 2 is 1.80 bits per heavy atom. The molecule has 1 aliphatic heterocycles. The minimum absolute atomic E-state index is 0.0380. The van der Waals surface area contributed by atoms with Gasteiger partial charge in [0.1, 0.15) is 0 Å². The third kappa shape index (κ3) is 3.03. The number of rotatable bonds is 4. The molecule has 0 aliphatic carbocycles. The first-order chi connectivity index (χ1) is 11.9. The molecule has 0 bridgehead atoms. The molecule has 3 N–H and O–H groups in total. The van der Waals surface area contributed by atoms with Gasteiger partial charge in [-0.1, -0.05) is 6.07 Å². The Labute approximate surface area is 150 Å². The summed E-state index contributed by atoms with van der Waals surface area (Å²) >= 11 is 3.24. The van der Waals surface area contributed by atoms with Gasteiger partial charge in [0.2, 0.25) is 16.8 Å². The molecule has 8 nitrogen and oxygen atoms in total. The van der Waals surface area contributed by atoms with Crippen molar-refractivity contribution in [3.63, 3.8) is 0 Å². The number of imidazole rings is 1. The number of fused-ring (bicyclic) bond motifs is 2. The maximum absolute atomic E-state index is 12.6. The van der Waals surface area contributed by atoms with Crippen molar-refractivity contribution in [1.82, 2.24) is 14.7 Å². The second-order valence-electron chi connectivity index (χ2n) is 5.42. The van der Waals surface area contributed by atoms with Gasteiger partial charge >= 0.3 is 5.69 Å². The van der Waals surface area contributed by atoms with Crippen LogP contribution in [-0.2, 0) is 16.6 Å². The van der Waals surface area contributed by atoms with Gasteiger partial charge in [-0.25, -0.2) is 17.9 Å². The maximum Gasteiger partial charge on any atom is 0.323 e. The van der Waals surface area contributed by atoms with Gasteiger partial charge in [-0.15, -0.1) is 0 Å². The SMILES string of the molecule is O=c1[nH]c2cc(Br)c(S(=O)(=O)NCc3ccc4c(c3)OCO4)cc2[nH]1. The number of aromatic amines is 2. The number of ether oxygens (including phenoxy) is 2. The summed E-state index contributed by atoms with van der Waals surface area (Å²) in [6, 6.07) is 8.17. The minimum Gasteiger partial charge on any atom is -0.454 e. The molecule has 2 aromatic carbocycles. The van der Waals surface area contributed by atoms with Crippen LogP contribution in [0.1, 0.15) is 5.56 Å². The lowest BCUT2D eigenvalue weighted by molar-refractivity contribution is 0.174. The van der Waals surface area contributed by atoms with Crippen molar-refractivity contribution in [2.75, 3.05) is 6.79 Å². The molecular formula is C15H12BrN3O5S. The first-order valence-electron chi connectivity index (χ1n) is 7.22. The van der Waals surface area contributed by atoms with Crippen LogP contribution in [0, 0.1) is 0 Å². The molecule has 25 heavy (non-hydrogen) atoms. The summed E-state index contributed by atoms with van der Waals surface area (Å²) in [6.45, 7) is 0.249. The normalized spacial score (nSPS) is 13.5. The number of benzene rings is 2. The first kappa shape index (κ1) is 16.2. The molecule has 4 rings (SSSR count). The highest BCUT2D eigenvalue weighted by Crippen LogP contribution is 2.32. The van der Waals surface area contributed by atoms with Crippen LogP contribution in [-0.4, -0.2) is 25.2 Å². The smallest absolute Gasteiger partial charge is 0.323 e. The molecule has 1 aliphatic rings. The van der Waals surface area contributed by atoms with E-state index in [2.05, 4.69) is 30.6 Å². The van der Waals surface area contributed by atoms with Crippen molar-refractivity contribution < 1.29 is 17.9 Å². The van der Waals surface area contributed by atoms with E-state index in [4.69, 9.17) is 9.47 Å². The van der Waals surface area contributed by atoms with Gasteiger partial charge in [0.25, 0.3) is 0 Å². The molecule has 0 fully saturated rings. The van der Waals surface area contributed by atoms with Crippen molar-refractivity contribution in [2.45, 2.75) is 11.4 Å². The van der Waals surface area contributed by atoms with E-state index in [0.29, 0.717) is 27.0 Å². The second kappa shape index (κ2) is 5.90. The minimum atomic E-state index is -3.79. The zero-order valence-electron chi connectivity index (χ0n) is 12.6. The summed E-state index contributed by atoms with van der Waals surface area (Å²) in [5, 5.41) is 0. The Balaban J connectivity index is 1.61. The number of halogens is 1. The van der Waals surface area contributed by atoms with Crippen molar-refractivity contribution in [3.8, 4) is 11.5 Å². The largest absolute Gasteiger partial charge is 0.454 e. The summed E-state index contributed by atoms with van der Waals surface area (Å²) in [5.41, 5.74) is 1.27. The fourth-order valence-electron chi connectivity index (χ4n) is 2.55. The van der Waals surface area contributed by atoms with Gasteiger partial charge in [0, 0.05) is 11.0 Å². The average Bonchev–Trinajstić information content (AvgIpc) is 3.16. The molecule has 0 radical (unpaired) electrons. The van der Waals surface area contributed by atoms with Crippen LogP contribution in [0.4, 0.5) is 0 Å². The molecule has 0 atom stereocenters. The number of hydrogen-bond donors (Lipinski definition) is 3. The quantitative estimate of drug-likeness (QED) is 0.589. The third-order valence-corrected chi connectivity index (χ3v) is 6.12. The standard InChI is InChI=1S/C15H12BrN3O5S/c16-9-4-10-11(19-15(20)18-10)5-14(9)25(21,22)17-6-8-1-2-12-13(3-8)24-7-23-12/h1-5,17H,6-7H2,(H2,18,19,20). The Hall–Kier alpha value is -2.30. The Morgan fingerprint density at radius 3 is 2.60 bits per heavy atom. The first-order valence-corrected chi connectivity index (χ1v) is 9.50. The summed E-state index contributed by atoms with van der Waals surface area (Å²) in [6.07, 6.45) is 0. The van der Waals surface area contributed by atoms with Crippen LogP contribution < -0.4 is 19.9 Å².